The van der Waals surface area contributed by atoms with Gasteiger partial charge in [-0.15, -0.1) is 12.3 Å². The number of hydrogen-bond donors (Lipinski definition) is 3. The molecule has 0 spiro atoms. The molecule has 0 aliphatic carbocycles. The van der Waals surface area contributed by atoms with Gasteiger partial charge in [-0.25, -0.2) is 18.6 Å². The first-order chi connectivity index (χ1) is 16.5. The van der Waals surface area contributed by atoms with Crippen molar-refractivity contribution in [3.63, 3.8) is 0 Å². The maximum Gasteiger partial charge on any atom is 0.320 e. The van der Waals surface area contributed by atoms with Crippen molar-refractivity contribution in [3.05, 3.63) is 40.7 Å². The molecule has 2 fully saturated rings. The van der Waals surface area contributed by atoms with E-state index in [1.54, 1.807) is 0 Å². The lowest BCUT2D eigenvalue weighted by Crippen LogP contribution is -2.37. The Labute approximate surface area is 198 Å². The van der Waals surface area contributed by atoms with Gasteiger partial charge in [-0.3, -0.25) is 10.2 Å². The lowest BCUT2D eigenvalue weighted by atomic mass is 10.1. The highest BCUT2D eigenvalue weighted by Crippen LogP contribution is 2.22. The number of nitrogens with zero attached hydrogens (tertiary/aromatic N) is 2. The van der Waals surface area contributed by atoms with Crippen LogP contribution in [0.1, 0.15) is 31.7 Å². The fraction of sp³-hybridized carbons (Fsp3) is 0.500. The molecule has 1 aromatic rings. The van der Waals surface area contributed by atoms with Crippen LogP contribution in [0.2, 0.25) is 0 Å². The quantitative estimate of drug-likeness (QED) is 0.338. The first-order valence-electron chi connectivity index (χ1n) is 11.4. The molecule has 0 unspecified atom stereocenters. The van der Waals surface area contributed by atoms with E-state index in [0.717, 1.165) is 44.8 Å². The molecule has 2 aliphatic heterocycles. The molecule has 8 nitrogen and oxygen atoms in total. The van der Waals surface area contributed by atoms with Crippen LogP contribution in [-0.2, 0) is 11.3 Å². The van der Waals surface area contributed by atoms with Crippen LogP contribution in [0, 0.1) is 24.0 Å². The molecule has 2 aliphatic rings. The number of morpholine rings is 1. The molecule has 2 saturated heterocycles. The van der Waals surface area contributed by atoms with Crippen LogP contribution < -0.4 is 20.7 Å². The summed E-state index contributed by atoms with van der Waals surface area (Å²) in [5, 5.41) is 8.15. The zero-order valence-electron chi connectivity index (χ0n) is 19.4. The number of amidine groups is 1. The average Bonchev–Trinajstić information content (AvgIpc) is 3.24. The van der Waals surface area contributed by atoms with Crippen molar-refractivity contribution in [3.8, 4) is 18.1 Å². The molecule has 184 valence electrons. The SMILES string of the molecule is C#CC/C(CC)=C(\N=C1CNC(=O)N1)NCc1c(F)cc(OCCCN2CCOCC2)cc1F. The van der Waals surface area contributed by atoms with E-state index >= 15 is 0 Å². The van der Waals surface area contributed by atoms with Gasteiger partial charge in [0.1, 0.15) is 29.0 Å². The smallest absolute Gasteiger partial charge is 0.320 e. The fourth-order valence-electron chi connectivity index (χ4n) is 3.64. The second-order valence-electron chi connectivity index (χ2n) is 7.93. The third-order valence-electron chi connectivity index (χ3n) is 5.54. The number of benzene rings is 1. The molecule has 0 saturated carbocycles. The Bertz CT molecular complexity index is 945. The number of allylic oxidation sites excluding steroid dienone is 1. The summed E-state index contributed by atoms with van der Waals surface area (Å²) in [5.74, 6) is 2.08. The number of halogens is 2. The number of aliphatic imine (C=N–C) groups is 1. The number of ether oxygens (including phenoxy) is 2. The van der Waals surface area contributed by atoms with Gasteiger partial charge in [0.25, 0.3) is 0 Å². The zero-order valence-corrected chi connectivity index (χ0v) is 19.4. The van der Waals surface area contributed by atoms with Crippen LogP contribution in [-0.4, -0.2) is 62.8 Å². The number of nitrogens with one attached hydrogen (secondary N) is 3. The summed E-state index contributed by atoms with van der Waals surface area (Å²) in [6.45, 7) is 6.44. The van der Waals surface area contributed by atoms with Crippen molar-refractivity contribution < 1.29 is 23.0 Å². The molecule has 0 radical (unpaired) electrons. The summed E-state index contributed by atoms with van der Waals surface area (Å²) in [5.41, 5.74) is 0.653. The van der Waals surface area contributed by atoms with Crippen LogP contribution in [0.4, 0.5) is 13.6 Å². The molecule has 0 bridgehead atoms. The van der Waals surface area contributed by atoms with E-state index in [-0.39, 0.29) is 30.4 Å². The van der Waals surface area contributed by atoms with E-state index in [4.69, 9.17) is 15.9 Å². The highest BCUT2D eigenvalue weighted by Gasteiger charge is 2.17. The lowest BCUT2D eigenvalue weighted by Gasteiger charge is -2.26. The first kappa shape index (κ1) is 25.5. The molecule has 1 aromatic carbocycles. The minimum atomic E-state index is -0.714. The summed E-state index contributed by atoms with van der Waals surface area (Å²) in [7, 11) is 0. The molecule has 3 rings (SSSR count). The Kier molecular flexibility index (Phi) is 9.67. The number of terminal acetylenes is 1. The van der Waals surface area contributed by atoms with Gasteiger partial charge in [0.2, 0.25) is 0 Å². The molecule has 2 heterocycles. The van der Waals surface area contributed by atoms with Crippen molar-refractivity contribution >= 4 is 11.9 Å². The Morgan fingerprint density at radius 2 is 2.06 bits per heavy atom. The van der Waals surface area contributed by atoms with Gasteiger partial charge in [-0.1, -0.05) is 6.92 Å². The second-order valence-corrected chi connectivity index (χ2v) is 7.93. The number of carbonyl (C=O) groups is 1. The van der Waals surface area contributed by atoms with E-state index < -0.39 is 11.6 Å². The average molecular weight is 476 g/mol. The topological polar surface area (TPSA) is 87.2 Å². The molecule has 2 amide bonds. The molecule has 0 aromatic heterocycles. The number of carbonyl (C=O) groups excluding carboxylic acids is 1. The highest BCUT2D eigenvalue weighted by molar-refractivity contribution is 6.05. The number of amides is 2. The summed E-state index contributed by atoms with van der Waals surface area (Å²) in [6, 6.07) is 2.02. The first-order valence-corrected chi connectivity index (χ1v) is 11.4. The van der Waals surface area contributed by atoms with Crippen molar-refractivity contribution in [2.75, 3.05) is 46.0 Å². The predicted molar refractivity (Wildman–Crippen MR) is 125 cm³/mol. The maximum atomic E-state index is 14.7. The highest BCUT2D eigenvalue weighted by atomic mass is 19.1. The lowest BCUT2D eigenvalue weighted by molar-refractivity contribution is 0.0358. The molecular weight excluding hydrogens is 444 g/mol. The zero-order chi connectivity index (χ0) is 24.3. The van der Waals surface area contributed by atoms with Gasteiger partial charge in [-0.05, 0) is 18.4 Å². The van der Waals surface area contributed by atoms with E-state index in [1.165, 1.54) is 12.1 Å². The maximum absolute atomic E-state index is 14.7. The van der Waals surface area contributed by atoms with Crippen molar-refractivity contribution in [1.82, 2.24) is 20.9 Å². The summed E-state index contributed by atoms with van der Waals surface area (Å²) in [6.07, 6.45) is 7.11. The minimum Gasteiger partial charge on any atom is -0.493 e. The largest absolute Gasteiger partial charge is 0.493 e. The normalized spacial score (nSPS) is 18.2. The molecule has 0 atom stereocenters. The van der Waals surface area contributed by atoms with Crippen molar-refractivity contribution in [1.29, 1.82) is 0 Å². The Balaban J connectivity index is 1.61. The van der Waals surface area contributed by atoms with Crippen molar-refractivity contribution in [2.24, 2.45) is 4.99 Å². The van der Waals surface area contributed by atoms with Crippen LogP contribution in [0.25, 0.3) is 0 Å². The van der Waals surface area contributed by atoms with Crippen LogP contribution in [0.3, 0.4) is 0 Å². The Morgan fingerprint density at radius 1 is 1.32 bits per heavy atom. The second kappa shape index (κ2) is 12.9. The monoisotopic (exact) mass is 475 g/mol. The summed E-state index contributed by atoms with van der Waals surface area (Å²) >= 11 is 0. The summed E-state index contributed by atoms with van der Waals surface area (Å²) < 4.78 is 40.3. The van der Waals surface area contributed by atoms with Crippen molar-refractivity contribution in [2.45, 2.75) is 32.7 Å². The van der Waals surface area contributed by atoms with Gasteiger partial charge in [-0.2, -0.15) is 0 Å². The van der Waals surface area contributed by atoms with Gasteiger partial charge in [0, 0.05) is 50.3 Å². The van der Waals surface area contributed by atoms with Crippen LogP contribution in [0.5, 0.6) is 5.75 Å². The Hall–Kier alpha value is -3.16. The predicted octanol–water partition coefficient (Wildman–Crippen LogP) is 2.51. The molecule has 34 heavy (non-hydrogen) atoms. The third-order valence-corrected chi connectivity index (χ3v) is 5.54. The number of rotatable bonds is 11. The van der Waals surface area contributed by atoms with Gasteiger partial charge >= 0.3 is 6.03 Å². The summed E-state index contributed by atoms with van der Waals surface area (Å²) in [4.78, 5) is 18.1. The minimum absolute atomic E-state index is 0.136. The van der Waals surface area contributed by atoms with E-state index in [2.05, 4.69) is 31.8 Å². The molecule has 3 N–H and O–H groups in total. The third kappa shape index (κ3) is 7.43. The van der Waals surface area contributed by atoms with E-state index in [0.29, 0.717) is 31.1 Å². The molecule has 10 heteroatoms. The van der Waals surface area contributed by atoms with Crippen LogP contribution in [0.15, 0.2) is 28.5 Å². The Morgan fingerprint density at radius 3 is 2.68 bits per heavy atom. The standard InChI is InChI=1S/C24H31F2N5O3/c1-3-6-17(4-2)23(29-22-16-28-24(32)30-22)27-15-19-20(25)13-18(14-21(19)26)34-10-5-7-31-8-11-33-12-9-31/h1,13-14,27H,4-12,15-16H2,2H3,(H2,28,29,30,32)/b23-17-. The van der Waals surface area contributed by atoms with Gasteiger partial charge in [0.05, 0.1) is 26.4 Å². The number of urea groups is 1. The number of hydrogen-bond acceptors (Lipinski definition) is 6. The van der Waals surface area contributed by atoms with Gasteiger partial charge in [0.15, 0.2) is 0 Å². The van der Waals surface area contributed by atoms with Crippen LogP contribution >= 0.6 is 0 Å². The molecular formula is C24H31F2N5O3. The van der Waals surface area contributed by atoms with E-state index in [1.807, 2.05) is 6.92 Å². The van der Waals surface area contributed by atoms with Gasteiger partial charge < -0.3 is 20.1 Å². The van der Waals surface area contributed by atoms with E-state index in [9.17, 15) is 13.6 Å². The fourth-order valence-corrected chi connectivity index (χ4v) is 3.64.